The molecule has 134 valence electrons. The van der Waals surface area contributed by atoms with E-state index in [1.54, 1.807) is 0 Å². The molecule has 0 bridgehead atoms. The van der Waals surface area contributed by atoms with Gasteiger partial charge in [0, 0.05) is 0 Å². The van der Waals surface area contributed by atoms with E-state index in [2.05, 4.69) is 41.5 Å². The zero-order chi connectivity index (χ0) is 16.9. The SMILES string of the molecule is CCCC(C)(C)CCCCCCCCCCC(C)(C)CCC. The summed E-state index contributed by atoms with van der Waals surface area (Å²) >= 11 is 0. The van der Waals surface area contributed by atoms with Gasteiger partial charge in [0.2, 0.25) is 0 Å². The average molecular weight is 311 g/mol. The maximum atomic E-state index is 2.44. The molecular weight excluding hydrogens is 264 g/mol. The van der Waals surface area contributed by atoms with Crippen LogP contribution in [0.25, 0.3) is 0 Å². The first-order valence-electron chi connectivity index (χ1n) is 10.3. The van der Waals surface area contributed by atoms with Crippen molar-refractivity contribution in [1.29, 1.82) is 0 Å². The van der Waals surface area contributed by atoms with Crippen molar-refractivity contribution >= 4 is 0 Å². The first kappa shape index (κ1) is 22.0. The highest BCUT2D eigenvalue weighted by molar-refractivity contribution is 4.68. The van der Waals surface area contributed by atoms with Crippen molar-refractivity contribution in [2.24, 2.45) is 10.8 Å². The van der Waals surface area contributed by atoms with Gasteiger partial charge in [-0.05, 0) is 36.5 Å². The number of rotatable bonds is 15. The van der Waals surface area contributed by atoms with Crippen molar-refractivity contribution in [3.8, 4) is 0 Å². The molecule has 0 saturated heterocycles. The molecule has 0 spiro atoms. The van der Waals surface area contributed by atoms with E-state index >= 15 is 0 Å². The van der Waals surface area contributed by atoms with Crippen LogP contribution >= 0.6 is 0 Å². The molecule has 0 aliphatic heterocycles. The smallest absolute Gasteiger partial charge is 0.0354 e. The Bertz CT molecular complexity index is 210. The fraction of sp³-hybridized carbons (Fsp3) is 1.00. The Morgan fingerprint density at radius 3 is 0.955 bits per heavy atom. The predicted molar refractivity (Wildman–Crippen MR) is 104 cm³/mol. The highest BCUT2D eigenvalue weighted by Gasteiger charge is 2.16. The van der Waals surface area contributed by atoms with E-state index in [9.17, 15) is 0 Å². The van der Waals surface area contributed by atoms with Gasteiger partial charge in [-0.1, -0.05) is 106 Å². The number of hydrogen-bond donors (Lipinski definition) is 0. The summed E-state index contributed by atoms with van der Waals surface area (Å²) in [5, 5.41) is 0. The summed E-state index contributed by atoms with van der Waals surface area (Å²) in [6, 6.07) is 0. The Morgan fingerprint density at radius 2 is 0.682 bits per heavy atom. The lowest BCUT2D eigenvalue weighted by Crippen LogP contribution is -2.10. The maximum absolute atomic E-state index is 2.44. The van der Waals surface area contributed by atoms with Gasteiger partial charge in [-0.3, -0.25) is 0 Å². The molecule has 0 rings (SSSR count). The van der Waals surface area contributed by atoms with E-state index in [0.29, 0.717) is 10.8 Å². The number of unbranched alkanes of at least 4 members (excludes halogenated alkanes) is 7. The molecule has 22 heavy (non-hydrogen) atoms. The predicted octanol–water partition coefficient (Wildman–Crippen LogP) is 8.54. The van der Waals surface area contributed by atoms with E-state index in [1.165, 1.54) is 89.9 Å². The van der Waals surface area contributed by atoms with E-state index in [0.717, 1.165) is 0 Å². The molecule has 0 heterocycles. The standard InChI is InChI=1S/C22H46/c1-7-17-21(3,4)19-15-13-11-9-10-12-14-16-20-22(5,6)18-8-2/h7-20H2,1-6H3. The van der Waals surface area contributed by atoms with Crippen LogP contribution in [0.1, 0.15) is 131 Å². The molecule has 0 saturated carbocycles. The van der Waals surface area contributed by atoms with Crippen molar-refractivity contribution in [2.75, 3.05) is 0 Å². The van der Waals surface area contributed by atoms with Crippen LogP contribution in [0.3, 0.4) is 0 Å². The summed E-state index contributed by atoms with van der Waals surface area (Å²) in [6.07, 6.45) is 19.9. The molecule has 0 aromatic rings. The van der Waals surface area contributed by atoms with Gasteiger partial charge < -0.3 is 0 Å². The summed E-state index contributed by atoms with van der Waals surface area (Å²) in [4.78, 5) is 0. The Labute approximate surface area is 142 Å². The van der Waals surface area contributed by atoms with Gasteiger partial charge in [-0.2, -0.15) is 0 Å². The van der Waals surface area contributed by atoms with Crippen LogP contribution in [0.15, 0.2) is 0 Å². The van der Waals surface area contributed by atoms with Crippen LogP contribution in [-0.2, 0) is 0 Å². The minimum absolute atomic E-state index is 0.583. The molecule has 0 aromatic heterocycles. The molecule has 0 radical (unpaired) electrons. The Kier molecular flexibility index (Phi) is 12.4. The summed E-state index contributed by atoms with van der Waals surface area (Å²) < 4.78 is 0. The monoisotopic (exact) mass is 310 g/mol. The summed E-state index contributed by atoms with van der Waals surface area (Å²) in [5.41, 5.74) is 1.17. The van der Waals surface area contributed by atoms with Crippen LogP contribution in [0.5, 0.6) is 0 Å². The van der Waals surface area contributed by atoms with Crippen molar-refractivity contribution in [1.82, 2.24) is 0 Å². The molecule has 0 unspecified atom stereocenters. The van der Waals surface area contributed by atoms with E-state index in [4.69, 9.17) is 0 Å². The van der Waals surface area contributed by atoms with E-state index in [1.807, 2.05) is 0 Å². The topological polar surface area (TPSA) is 0 Å². The van der Waals surface area contributed by atoms with Crippen molar-refractivity contribution in [3.05, 3.63) is 0 Å². The second-order valence-corrected chi connectivity index (χ2v) is 9.16. The lowest BCUT2D eigenvalue weighted by Gasteiger charge is -2.24. The summed E-state index contributed by atoms with van der Waals surface area (Å²) in [6.45, 7) is 14.4. The average Bonchev–Trinajstić information content (AvgIpc) is 2.40. The lowest BCUT2D eigenvalue weighted by molar-refractivity contribution is 0.288. The maximum Gasteiger partial charge on any atom is -0.0354 e. The Balaban J connectivity index is 3.34. The van der Waals surface area contributed by atoms with Crippen LogP contribution in [-0.4, -0.2) is 0 Å². The first-order chi connectivity index (χ1) is 10.3. The molecule has 0 nitrogen and oxygen atoms in total. The Hall–Kier alpha value is 0. The van der Waals surface area contributed by atoms with Gasteiger partial charge in [-0.25, -0.2) is 0 Å². The van der Waals surface area contributed by atoms with Crippen molar-refractivity contribution in [3.63, 3.8) is 0 Å². The largest absolute Gasteiger partial charge is 0.0654 e. The molecule has 0 fully saturated rings. The molecule has 0 aliphatic carbocycles. The minimum Gasteiger partial charge on any atom is -0.0654 e. The zero-order valence-electron chi connectivity index (χ0n) is 16.9. The molecular formula is C22H46. The molecule has 0 aliphatic rings. The number of hydrogen-bond acceptors (Lipinski definition) is 0. The summed E-state index contributed by atoms with van der Waals surface area (Å²) in [7, 11) is 0. The van der Waals surface area contributed by atoms with Crippen LogP contribution in [0.2, 0.25) is 0 Å². The van der Waals surface area contributed by atoms with E-state index < -0.39 is 0 Å². The minimum atomic E-state index is 0.583. The van der Waals surface area contributed by atoms with Gasteiger partial charge >= 0.3 is 0 Å². The second-order valence-electron chi connectivity index (χ2n) is 9.16. The fourth-order valence-electron chi connectivity index (χ4n) is 3.87. The highest BCUT2D eigenvalue weighted by atomic mass is 14.2. The second kappa shape index (κ2) is 12.4. The van der Waals surface area contributed by atoms with Crippen LogP contribution in [0, 0.1) is 10.8 Å². The van der Waals surface area contributed by atoms with Crippen molar-refractivity contribution < 1.29 is 0 Å². The first-order valence-corrected chi connectivity index (χ1v) is 10.3. The third-order valence-corrected chi connectivity index (χ3v) is 5.31. The van der Waals surface area contributed by atoms with Crippen LogP contribution < -0.4 is 0 Å². The molecule has 0 atom stereocenters. The van der Waals surface area contributed by atoms with E-state index in [-0.39, 0.29) is 0 Å². The third-order valence-electron chi connectivity index (χ3n) is 5.31. The van der Waals surface area contributed by atoms with Gasteiger partial charge in [-0.15, -0.1) is 0 Å². The highest BCUT2D eigenvalue weighted by Crippen LogP contribution is 2.30. The van der Waals surface area contributed by atoms with Crippen LogP contribution in [0.4, 0.5) is 0 Å². The molecule has 0 N–H and O–H groups in total. The lowest BCUT2D eigenvalue weighted by atomic mass is 9.82. The molecule has 0 amide bonds. The zero-order valence-corrected chi connectivity index (χ0v) is 16.9. The Morgan fingerprint density at radius 1 is 0.409 bits per heavy atom. The van der Waals surface area contributed by atoms with Gasteiger partial charge in [0.15, 0.2) is 0 Å². The normalized spacial score (nSPS) is 12.8. The quantitative estimate of drug-likeness (QED) is 0.266. The summed E-state index contributed by atoms with van der Waals surface area (Å²) in [5.74, 6) is 0. The fourth-order valence-corrected chi connectivity index (χ4v) is 3.87. The van der Waals surface area contributed by atoms with Gasteiger partial charge in [0.25, 0.3) is 0 Å². The molecule has 0 aromatic carbocycles. The third kappa shape index (κ3) is 13.6. The van der Waals surface area contributed by atoms with Crippen molar-refractivity contribution in [2.45, 2.75) is 131 Å². The van der Waals surface area contributed by atoms with Gasteiger partial charge in [0.1, 0.15) is 0 Å². The van der Waals surface area contributed by atoms with Gasteiger partial charge in [0.05, 0.1) is 0 Å². The molecule has 0 heteroatoms.